The number of unbranched alkanes of at least 4 members (excludes halogenated alkanes) is 12. The van der Waals surface area contributed by atoms with Gasteiger partial charge < -0.3 is 4.74 Å². The van der Waals surface area contributed by atoms with Crippen molar-refractivity contribution in [2.75, 3.05) is 0 Å². The summed E-state index contributed by atoms with van der Waals surface area (Å²) in [5.74, 6) is -0.133. The molecule has 26 heavy (non-hydrogen) atoms. The molecule has 0 amide bonds. The van der Waals surface area contributed by atoms with Gasteiger partial charge in [-0.1, -0.05) is 102 Å². The van der Waals surface area contributed by atoms with Crippen molar-refractivity contribution in [3.8, 4) is 0 Å². The van der Waals surface area contributed by atoms with Gasteiger partial charge in [-0.3, -0.25) is 0 Å². The molecule has 0 bridgehead atoms. The monoisotopic (exact) mass is 358 g/mol. The van der Waals surface area contributed by atoms with E-state index in [1.54, 1.807) is 0 Å². The van der Waals surface area contributed by atoms with Crippen LogP contribution in [0, 0.1) is 0 Å². The molecule has 146 valence electrons. The highest BCUT2D eigenvalue weighted by Crippen LogP contribution is 2.23. The highest BCUT2D eigenvalue weighted by molar-refractivity contribution is 5.92. The first-order valence-corrected chi connectivity index (χ1v) is 11.1. The third kappa shape index (κ3) is 7.93. The van der Waals surface area contributed by atoms with Gasteiger partial charge >= 0.3 is 5.97 Å². The molecule has 1 aliphatic heterocycles. The fraction of sp³-hybridized carbons (Fsp3) is 0.708. The summed E-state index contributed by atoms with van der Waals surface area (Å²) in [4.78, 5) is 12.0. The van der Waals surface area contributed by atoms with Crippen LogP contribution in [0.1, 0.15) is 113 Å². The minimum Gasteiger partial charge on any atom is -0.458 e. The molecule has 2 rings (SSSR count). The number of carbonyl (C=O) groups excluding carboxylic acids is 1. The van der Waals surface area contributed by atoms with Gasteiger partial charge in [-0.25, -0.2) is 4.79 Å². The number of fused-ring (bicyclic) bond motifs is 1. The number of cyclic esters (lactones) is 1. The van der Waals surface area contributed by atoms with Crippen molar-refractivity contribution >= 4 is 5.97 Å². The van der Waals surface area contributed by atoms with E-state index in [1.165, 1.54) is 83.5 Å². The molecular formula is C24H38O2. The minimum absolute atomic E-state index is 0.0881. The van der Waals surface area contributed by atoms with Crippen LogP contribution < -0.4 is 0 Å². The molecule has 0 fully saturated rings. The van der Waals surface area contributed by atoms with Crippen molar-refractivity contribution in [1.29, 1.82) is 0 Å². The van der Waals surface area contributed by atoms with Crippen molar-refractivity contribution in [1.82, 2.24) is 0 Å². The summed E-state index contributed by atoms with van der Waals surface area (Å²) in [5, 5.41) is 0. The molecule has 0 saturated carbocycles. The smallest absolute Gasteiger partial charge is 0.338 e. The Morgan fingerprint density at radius 1 is 0.808 bits per heavy atom. The third-order valence-corrected chi connectivity index (χ3v) is 5.59. The summed E-state index contributed by atoms with van der Waals surface area (Å²) in [6, 6.07) is 7.86. The summed E-state index contributed by atoms with van der Waals surface area (Å²) in [6.45, 7) is 2.28. The van der Waals surface area contributed by atoms with Gasteiger partial charge in [0, 0.05) is 6.42 Å². The lowest BCUT2D eigenvalue weighted by Gasteiger charge is -2.24. The Hall–Kier alpha value is -1.31. The van der Waals surface area contributed by atoms with Crippen LogP contribution in [0.25, 0.3) is 0 Å². The van der Waals surface area contributed by atoms with Gasteiger partial charge in [0.25, 0.3) is 0 Å². The number of hydrogen-bond acceptors (Lipinski definition) is 2. The van der Waals surface area contributed by atoms with Crippen LogP contribution in [-0.4, -0.2) is 12.1 Å². The summed E-state index contributed by atoms with van der Waals surface area (Å²) < 4.78 is 5.58. The lowest BCUT2D eigenvalue weighted by Crippen LogP contribution is -2.27. The van der Waals surface area contributed by atoms with E-state index in [9.17, 15) is 4.79 Å². The number of rotatable bonds is 14. The molecule has 0 saturated heterocycles. The van der Waals surface area contributed by atoms with E-state index < -0.39 is 0 Å². The van der Waals surface area contributed by atoms with E-state index in [-0.39, 0.29) is 12.1 Å². The SMILES string of the molecule is CCCCCCCCCCCCCCC[C@H]1Cc2ccccc2C(=O)O1. The van der Waals surface area contributed by atoms with Gasteiger partial charge in [-0.05, 0) is 24.5 Å². The molecule has 1 aromatic rings. The van der Waals surface area contributed by atoms with Crippen LogP contribution in [0.4, 0.5) is 0 Å². The molecule has 0 aliphatic carbocycles. The van der Waals surface area contributed by atoms with Gasteiger partial charge in [0.2, 0.25) is 0 Å². The fourth-order valence-electron chi connectivity index (χ4n) is 3.95. The van der Waals surface area contributed by atoms with E-state index in [2.05, 4.69) is 13.0 Å². The topological polar surface area (TPSA) is 26.3 Å². The number of esters is 1. The first-order valence-electron chi connectivity index (χ1n) is 11.1. The van der Waals surface area contributed by atoms with Crippen molar-refractivity contribution < 1.29 is 9.53 Å². The lowest BCUT2D eigenvalue weighted by molar-refractivity contribution is 0.0232. The molecule has 1 atom stereocenters. The second-order valence-corrected chi connectivity index (χ2v) is 7.92. The molecule has 1 aliphatic rings. The van der Waals surface area contributed by atoms with E-state index in [0.717, 1.165) is 24.0 Å². The minimum atomic E-state index is -0.133. The highest BCUT2D eigenvalue weighted by Gasteiger charge is 2.25. The molecule has 2 nitrogen and oxygen atoms in total. The van der Waals surface area contributed by atoms with Crippen LogP contribution in [-0.2, 0) is 11.2 Å². The first-order chi connectivity index (χ1) is 12.8. The Balaban J connectivity index is 1.41. The summed E-state index contributed by atoms with van der Waals surface area (Å²) in [7, 11) is 0. The lowest BCUT2D eigenvalue weighted by atomic mass is 9.95. The van der Waals surface area contributed by atoms with E-state index in [1.807, 2.05) is 18.2 Å². The normalized spacial score (nSPS) is 16.3. The number of ether oxygens (including phenoxy) is 1. The maximum absolute atomic E-state index is 12.0. The van der Waals surface area contributed by atoms with Crippen molar-refractivity contribution in [2.45, 2.75) is 109 Å². The Morgan fingerprint density at radius 3 is 1.96 bits per heavy atom. The summed E-state index contributed by atoms with van der Waals surface area (Å²) >= 11 is 0. The van der Waals surface area contributed by atoms with Crippen LogP contribution in [0.5, 0.6) is 0 Å². The largest absolute Gasteiger partial charge is 0.458 e. The quantitative estimate of drug-likeness (QED) is 0.258. The van der Waals surface area contributed by atoms with E-state index in [4.69, 9.17) is 4.74 Å². The number of hydrogen-bond donors (Lipinski definition) is 0. The standard InChI is InChI=1S/C24H38O2/c1-2-3-4-5-6-7-8-9-10-11-12-13-14-18-22-20-21-17-15-16-19-23(21)24(25)26-22/h15-17,19,22H,2-14,18,20H2,1H3/t22-/m0/s1. The van der Waals surface area contributed by atoms with Crippen LogP contribution in [0.2, 0.25) is 0 Å². The Bertz CT molecular complexity index is 509. The van der Waals surface area contributed by atoms with Gasteiger partial charge in [0.05, 0.1) is 5.56 Å². The predicted molar refractivity (Wildman–Crippen MR) is 110 cm³/mol. The Labute approximate surface area is 160 Å². The Kier molecular flexibility index (Phi) is 10.5. The second-order valence-electron chi connectivity index (χ2n) is 7.92. The summed E-state index contributed by atoms with van der Waals surface area (Å²) in [5.41, 5.74) is 1.91. The average Bonchev–Trinajstić information content (AvgIpc) is 2.65. The summed E-state index contributed by atoms with van der Waals surface area (Å²) in [6.07, 6.45) is 19.8. The zero-order chi connectivity index (χ0) is 18.5. The molecule has 0 aromatic heterocycles. The van der Waals surface area contributed by atoms with Crippen LogP contribution in [0.3, 0.4) is 0 Å². The van der Waals surface area contributed by atoms with Crippen LogP contribution in [0.15, 0.2) is 24.3 Å². The predicted octanol–water partition coefficient (Wildman–Crippen LogP) is 7.25. The molecule has 0 radical (unpaired) electrons. The van der Waals surface area contributed by atoms with Gasteiger partial charge in [0.15, 0.2) is 0 Å². The zero-order valence-electron chi connectivity index (χ0n) is 16.8. The number of benzene rings is 1. The molecular weight excluding hydrogens is 320 g/mol. The maximum atomic E-state index is 12.0. The highest BCUT2D eigenvalue weighted by atomic mass is 16.5. The molecule has 0 spiro atoms. The van der Waals surface area contributed by atoms with Crippen molar-refractivity contribution in [3.63, 3.8) is 0 Å². The molecule has 2 heteroatoms. The fourth-order valence-corrected chi connectivity index (χ4v) is 3.95. The van der Waals surface area contributed by atoms with Crippen LogP contribution >= 0.6 is 0 Å². The van der Waals surface area contributed by atoms with Crippen molar-refractivity contribution in [2.24, 2.45) is 0 Å². The first kappa shape index (κ1) is 21.0. The number of carbonyl (C=O) groups is 1. The molecule has 0 N–H and O–H groups in total. The Morgan fingerprint density at radius 2 is 1.35 bits per heavy atom. The maximum Gasteiger partial charge on any atom is 0.338 e. The molecule has 1 heterocycles. The van der Waals surface area contributed by atoms with Gasteiger partial charge in [-0.15, -0.1) is 0 Å². The van der Waals surface area contributed by atoms with E-state index >= 15 is 0 Å². The van der Waals surface area contributed by atoms with Gasteiger partial charge in [-0.2, -0.15) is 0 Å². The van der Waals surface area contributed by atoms with E-state index in [0.29, 0.717) is 0 Å². The third-order valence-electron chi connectivity index (χ3n) is 5.59. The molecule has 0 unspecified atom stereocenters. The van der Waals surface area contributed by atoms with Gasteiger partial charge in [0.1, 0.15) is 6.10 Å². The second kappa shape index (κ2) is 12.9. The average molecular weight is 359 g/mol. The zero-order valence-corrected chi connectivity index (χ0v) is 16.8. The van der Waals surface area contributed by atoms with Crippen molar-refractivity contribution in [3.05, 3.63) is 35.4 Å². The molecule has 1 aromatic carbocycles.